The van der Waals surface area contributed by atoms with Crippen LogP contribution in [0.15, 0.2) is 0 Å². The summed E-state index contributed by atoms with van der Waals surface area (Å²) in [6.45, 7) is 6.47. The Morgan fingerprint density at radius 2 is 0.694 bits per heavy atom. The molecular formula is C26H48O10. The van der Waals surface area contributed by atoms with E-state index in [1.807, 2.05) is 0 Å². The lowest BCUT2D eigenvalue weighted by molar-refractivity contribution is -0.147. The molecule has 0 aliphatic rings. The molecule has 0 unspecified atom stereocenters. The highest BCUT2D eigenvalue weighted by molar-refractivity contribution is 5.71. The minimum absolute atomic E-state index is 0.164. The van der Waals surface area contributed by atoms with Crippen molar-refractivity contribution in [3.63, 3.8) is 0 Å². The van der Waals surface area contributed by atoms with Crippen LogP contribution >= 0.6 is 0 Å². The number of ether oxygens (including phenoxy) is 6. The zero-order valence-electron chi connectivity index (χ0n) is 22.8. The first-order valence-corrected chi connectivity index (χ1v) is 13.0. The highest BCUT2D eigenvalue weighted by Crippen LogP contribution is 2.04. The summed E-state index contributed by atoms with van der Waals surface area (Å²) in [4.78, 5) is 44.8. The van der Waals surface area contributed by atoms with Crippen molar-refractivity contribution in [2.75, 3.05) is 53.9 Å². The molecule has 0 atom stereocenters. The third-order valence-electron chi connectivity index (χ3n) is 4.65. The summed E-state index contributed by atoms with van der Waals surface area (Å²) in [6.07, 6.45) is 7.90. The smallest absolute Gasteiger partial charge is 0.305 e. The SMILES string of the molecule is CCCCOC(=O)CCCCC(=O)OCCCC.COCCOC(=O)CCCCC(=O)OCCOC. The van der Waals surface area contributed by atoms with Crippen LogP contribution in [0.1, 0.15) is 90.9 Å². The van der Waals surface area contributed by atoms with Crippen LogP contribution in [0.3, 0.4) is 0 Å². The van der Waals surface area contributed by atoms with Crippen molar-refractivity contribution < 1.29 is 47.6 Å². The van der Waals surface area contributed by atoms with Crippen LogP contribution in [-0.2, 0) is 47.6 Å². The summed E-state index contributed by atoms with van der Waals surface area (Å²) >= 11 is 0. The van der Waals surface area contributed by atoms with Crippen LogP contribution in [0, 0.1) is 0 Å². The summed E-state index contributed by atoms with van der Waals surface area (Å²) in [7, 11) is 3.09. The molecule has 212 valence electrons. The Balaban J connectivity index is 0. The Bertz CT molecular complexity index is 455. The summed E-state index contributed by atoms with van der Waals surface area (Å²) < 4.78 is 29.3. The van der Waals surface area contributed by atoms with Crippen LogP contribution < -0.4 is 0 Å². The average Bonchev–Trinajstić information content (AvgIpc) is 2.85. The van der Waals surface area contributed by atoms with Gasteiger partial charge in [-0.3, -0.25) is 19.2 Å². The first-order chi connectivity index (χ1) is 17.4. The van der Waals surface area contributed by atoms with Crippen LogP contribution in [0.5, 0.6) is 0 Å². The van der Waals surface area contributed by atoms with E-state index < -0.39 is 0 Å². The first-order valence-electron chi connectivity index (χ1n) is 13.0. The molecule has 0 saturated carbocycles. The third kappa shape index (κ3) is 29.8. The normalized spacial score (nSPS) is 10.1. The van der Waals surface area contributed by atoms with Gasteiger partial charge in [0.05, 0.1) is 26.4 Å². The molecule has 0 saturated heterocycles. The van der Waals surface area contributed by atoms with E-state index in [9.17, 15) is 19.2 Å². The summed E-state index contributed by atoms with van der Waals surface area (Å²) in [5, 5.41) is 0. The van der Waals surface area contributed by atoms with Crippen LogP contribution in [-0.4, -0.2) is 77.7 Å². The standard InChI is InChI=1S/C14H26O4.C12H22O6/c1-3-5-11-17-13(15)9-7-8-10-14(16)18-12-6-4-2;1-15-7-9-17-11(13)5-3-4-6-12(14)18-10-8-16-2/h3-12H2,1-2H3;3-10H2,1-2H3. The predicted molar refractivity (Wildman–Crippen MR) is 134 cm³/mol. The maximum absolute atomic E-state index is 11.2. The number of methoxy groups -OCH3 is 2. The van der Waals surface area contributed by atoms with E-state index in [0.717, 1.165) is 25.7 Å². The maximum Gasteiger partial charge on any atom is 0.305 e. The van der Waals surface area contributed by atoms with E-state index in [-0.39, 0.29) is 37.1 Å². The molecule has 0 aliphatic heterocycles. The van der Waals surface area contributed by atoms with E-state index in [1.165, 1.54) is 0 Å². The Morgan fingerprint density at radius 1 is 0.417 bits per heavy atom. The molecule has 0 amide bonds. The van der Waals surface area contributed by atoms with Gasteiger partial charge in [-0.25, -0.2) is 0 Å². The molecule has 0 aliphatic carbocycles. The monoisotopic (exact) mass is 520 g/mol. The van der Waals surface area contributed by atoms with Crippen molar-refractivity contribution in [3.8, 4) is 0 Å². The summed E-state index contributed by atoms with van der Waals surface area (Å²) in [5.74, 6) is -0.856. The highest BCUT2D eigenvalue weighted by Gasteiger charge is 2.07. The lowest BCUT2D eigenvalue weighted by Crippen LogP contribution is -2.11. The fourth-order valence-corrected chi connectivity index (χ4v) is 2.50. The molecule has 0 heterocycles. The lowest BCUT2D eigenvalue weighted by atomic mass is 10.2. The van der Waals surface area contributed by atoms with E-state index in [1.54, 1.807) is 14.2 Å². The Morgan fingerprint density at radius 3 is 0.944 bits per heavy atom. The van der Waals surface area contributed by atoms with Gasteiger partial charge in [0.15, 0.2) is 0 Å². The number of carbonyl (C=O) groups excluding carboxylic acids is 4. The number of carbonyl (C=O) groups is 4. The van der Waals surface area contributed by atoms with E-state index in [2.05, 4.69) is 13.8 Å². The molecular weight excluding hydrogens is 472 g/mol. The van der Waals surface area contributed by atoms with Gasteiger partial charge in [-0.1, -0.05) is 26.7 Å². The molecule has 36 heavy (non-hydrogen) atoms. The van der Waals surface area contributed by atoms with Gasteiger partial charge in [0, 0.05) is 39.9 Å². The third-order valence-corrected chi connectivity index (χ3v) is 4.65. The molecule has 10 nitrogen and oxygen atoms in total. The molecule has 0 fully saturated rings. The van der Waals surface area contributed by atoms with Crippen LogP contribution in [0.4, 0.5) is 0 Å². The fraction of sp³-hybridized carbons (Fsp3) is 0.846. The van der Waals surface area contributed by atoms with Crippen molar-refractivity contribution in [2.24, 2.45) is 0 Å². The Kier molecular flexibility index (Phi) is 29.0. The summed E-state index contributed by atoms with van der Waals surface area (Å²) in [6, 6.07) is 0. The Hall–Kier alpha value is -2.20. The van der Waals surface area contributed by atoms with Crippen molar-refractivity contribution >= 4 is 23.9 Å². The topological polar surface area (TPSA) is 124 Å². The second kappa shape index (κ2) is 29.0. The Labute approximate surface area is 216 Å². The zero-order chi connectivity index (χ0) is 27.3. The maximum atomic E-state index is 11.2. The molecule has 0 radical (unpaired) electrons. The van der Waals surface area contributed by atoms with E-state index >= 15 is 0 Å². The van der Waals surface area contributed by atoms with Crippen LogP contribution in [0.25, 0.3) is 0 Å². The van der Waals surface area contributed by atoms with Gasteiger partial charge in [0.2, 0.25) is 0 Å². The number of hydrogen-bond acceptors (Lipinski definition) is 10. The fourth-order valence-electron chi connectivity index (χ4n) is 2.50. The van der Waals surface area contributed by atoms with Crippen molar-refractivity contribution in [2.45, 2.75) is 90.9 Å². The second-order valence-electron chi connectivity index (χ2n) is 7.99. The van der Waals surface area contributed by atoms with Crippen molar-refractivity contribution in [3.05, 3.63) is 0 Å². The molecule has 0 bridgehead atoms. The highest BCUT2D eigenvalue weighted by atomic mass is 16.6. The number of unbranched alkanes of at least 4 members (excludes halogenated alkanes) is 4. The minimum Gasteiger partial charge on any atom is -0.466 e. The van der Waals surface area contributed by atoms with Gasteiger partial charge in [0.1, 0.15) is 13.2 Å². The largest absolute Gasteiger partial charge is 0.466 e. The van der Waals surface area contributed by atoms with Crippen molar-refractivity contribution in [1.29, 1.82) is 0 Å². The number of rotatable bonds is 22. The van der Waals surface area contributed by atoms with Gasteiger partial charge in [-0.2, -0.15) is 0 Å². The lowest BCUT2D eigenvalue weighted by Gasteiger charge is -2.05. The van der Waals surface area contributed by atoms with Gasteiger partial charge < -0.3 is 28.4 Å². The molecule has 0 N–H and O–H groups in total. The first kappa shape index (κ1) is 36.0. The predicted octanol–water partition coefficient (Wildman–Crippen LogP) is 4.16. The van der Waals surface area contributed by atoms with Gasteiger partial charge in [0.25, 0.3) is 0 Å². The second-order valence-corrected chi connectivity index (χ2v) is 7.99. The van der Waals surface area contributed by atoms with Gasteiger partial charge in [-0.15, -0.1) is 0 Å². The van der Waals surface area contributed by atoms with E-state index in [4.69, 9.17) is 28.4 Å². The molecule has 0 aromatic heterocycles. The molecule has 0 aromatic carbocycles. The quantitative estimate of drug-likeness (QED) is 0.117. The van der Waals surface area contributed by atoms with Gasteiger partial charge >= 0.3 is 23.9 Å². The molecule has 10 heteroatoms. The summed E-state index contributed by atoms with van der Waals surface area (Å²) in [5.41, 5.74) is 0. The zero-order valence-corrected chi connectivity index (χ0v) is 22.8. The molecule has 0 spiro atoms. The number of hydrogen-bond donors (Lipinski definition) is 0. The minimum atomic E-state index is -0.264. The number of esters is 4. The molecule has 0 aromatic rings. The van der Waals surface area contributed by atoms with E-state index in [0.29, 0.717) is 77.8 Å². The average molecular weight is 521 g/mol. The van der Waals surface area contributed by atoms with Gasteiger partial charge in [-0.05, 0) is 38.5 Å². The molecule has 0 rings (SSSR count). The van der Waals surface area contributed by atoms with Crippen LogP contribution in [0.2, 0.25) is 0 Å². The van der Waals surface area contributed by atoms with Crippen molar-refractivity contribution in [1.82, 2.24) is 0 Å².